The predicted molar refractivity (Wildman–Crippen MR) is 94.5 cm³/mol. The van der Waals surface area contributed by atoms with E-state index < -0.39 is 35.0 Å². The minimum Gasteiger partial charge on any atom is -0.273 e. The van der Waals surface area contributed by atoms with Crippen molar-refractivity contribution < 1.29 is 35.9 Å². The topological polar surface area (TPSA) is 71.3 Å². The Morgan fingerprint density at radius 3 is 2.26 bits per heavy atom. The third kappa shape index (κ3) is 5.03. The van der Waals surface area contributed by atoms with Gasteiger partial charge < -0.3 is 0 Å². The van der Waals surface area contributed by atoms with Crippen LogP contribution in [0.4, 0.5) is 26.3 Å². The Morgan fingerprint density at radius 1 is 1.06 bits per heavy atom. The van der Waals surface area contributed by atoms with Gasteiger partial charge in [-0.05, 0) is 24.6 Å². The Balaban J connectivity index is 1.86. The van der Waals surface area contributed by atoms with Gasteiger partial charge in [-0.1, -0.05) is 0 Å². The average molecular weight is 447 g/mol. The van der Waals surface area contributed by atoms with Crippen LogP contribution in [0.15, 0.2) is 30.6 Å². The van der Waals surface area contributed by atoms with Crippen molar-refractivity contribution in [1.29, 1.82) is 0 Å². The van der Waals surface area contributed by atoms with Gasteiger partial charge in [0.05, 0.1) is 11.1 Å². The zero-order chi connectivity index (χ0) is 23.0. The summed E-state index contributed by atoms with van der Waals surface area (Å²) in [6, 6.07) is 1.03. The number of halogens is 6. The van der Waals surface area contributed by atoms with Crippen LogP contribution in [0.2, 0.25) is 0 Å². The van der Waals surface area contributed by atoms with Crippen LogP contribution in [0, 0.1) is 0 Å². The van der Waals surface area contributed by atoms with Crippen molar-refractivity contribution in [1.82, 2.24) is 24.8 Å². The van der Waals surface area contributed by atoms with Crippen molar-refractivity contribution in [3.63, 3.8) is 0 Å². The second kappa shape index (κ2) is 8.04. The first-order chi connectivity index (χ1) is 14.4. The molecule has 1 aliphatic heterocycles. The van der Waals surface area contributed by atoms with E-state index in [1.807, 2.05) is 0 Å². The number of hydrogen-bond acceptors (Lipinski definition) is 4. The van der Waals surface area contributed by atoms with Crippen LogP contribution in [0.3, 0.4) is 0 Å². The summed E-state index contributed by atoms with van der Waals surface area (Å²) in [5.41, 5.74) is -3.46. The van der Waals surface area contributed by atoms with Gasteiger partial charge in [0.15, 0.2) is 5.82 Å². The molecule has 0 unspecified atom stereocenters. The molecule has 2 heterocycles. The molecule has 0 N–H and O–H groups in total. The van der Waals surface area contributed by atoms with Crippen LogP contribution < -0.4 is 0 Å². The maximum absolute atomic E-state index is 13.0. The number of carbonyl (C=O) groups is 2. The maximum Gasteiger partial charge on any atom is 0.416 e. The highest BCUT2D eigenvalue weighted by Crippen LogP contribution is 2.38. The molecule has 166 valence electrons. The Morgan fingerprint density at radius 2 is 1.68 bits per heavy atom. The molecule has 0 atom stereocenters. The first kappa shape index (κ1) is 22.3. The van der Waals surface area contributed by atoms with Gasteiger partial charge in [0.25, 0.3) is 5.91 Å². The highest BCUT2D eigenvalue weighted by Gasteiger charge is 2.37. The lowest BCUT2D eigenvalue weighted by Crippen LogP contribution is -2.50. The lowest BCUT2D eigenvalue weighted by Gasteiger charge is -2.34. The summed E-state index contributed by atoms with van der Waals surface area (Å²) in [7, 11) is 1.44. The van der Waals surface area contributed by atoms with Crippen LogP contribution in [0.1, 0.15) is 24.0 Å². The summed E-state index contributed by atoms with van der Waals surface area (Å²) >= 11 is 0. The van der Waals surface area contributed by atoms with Crippen molar-refractivity contribution >= 4 is 18.0 Å². The molecule has 3 rings (SSSR count). The average Bonchev–Trinajstić information content (AvgIpc) is 3.15. The van der Waals surface area contributed by atoms with Crippen molar-refractivity contribution in [2.45, 2.75) is 25.2 Å². The summed E-state index contributed by atoms with van der Waals surface area (Å²) in [5.74, 6) is -1.17. The number of aromatic nitrogens is 3. The Bertz CT molecular complexity index is 995. The van der Waals surface area contributed by atoms with Crippen LogP contribution in [-0.4, -0.2) is 50.2 Å². The van der Waals surface area contributed by atoms with Crippen LogP contribution >= 0.6 is 0 Å². The molecular formula is C18H15F6N5O2. The molecule has 0 spiro atoms. The molecule has 1 fully saturated rings. The third-order valence-corrected chi connectivity index (χ3v) is 4.46. The molecule has 1 aliphatic rings. The van der Waals surface area contributed by atoms with Gasteiger partial charge in [0.1, 0.15) is 6.33 Å². The number of carbonyl (C=O) groups excluding carboxylic acids is 2. The van der Waals surface area contributed by atoms with Gasteiger partial charge in [0.2, 0.25) is 5.91 Å². The Labute approximate surface area is 171 Å². The minimum atomic E-state index is -5.00. The number of rotatable bonds is 3. The van der Waals surface area contributed by atoms with Crippen molar-refractivity contribution in [2.75, 3.05) is 13.6 Å². The molecular weight excluding hydrogens is 432 g/mol. The Kier molecular flexibility index (Phi) is 5.79. The first-order valence-corrected chi connectivity index (χ1v) is 8.83. The highest BCUT2D eigenvalue weighted by molar-refractivity contribution is 5.92. The molecule has 7 nitrogen and oxygen atoms in total. The van der Waals surface area contributed by atoms with E-state index in [0.717, 1.165) is 23.3 Å². The molecule has 0 aliphatic carbocycles. The van der Waals surface area contributed by atoms with E-state index in [9.17, 15) is 35.9 Å². The number of alkyl halides is 6. The molecule has 0 radical (unpaired) electrons. The van der Waals surface area contributed by atoms with Crippen molar-refractivity contribution in [3.8, 4) is 11.4 Å². The maximum atomic E-state index is 13.0. The SMILES string of the molecule is CN1C(=O)CCCN1C(=O)/C=C\n1cnc(-c2cc(C(F)(F)F)cc(C(F)(F)F)c2)n1. The summed E-state index contributed by atoms with van der Waals surface area (Å²) in [6.07, 6.45) is -5.98. The second-order valence-electron chi connectivity index (χ2n) is 6.64. The van der Waals surface area contributed by atoms with Crippen LogP contribution in [-0.2, 0) is 21.9 Å². The summed E-state index contributed by atoms with van der Waals surface area (Å²) in [4.78, 5) is 27.6. The molecule has 0 bridgehead atoms. The lowest BCUT2D eigenvalue weighted by atomic mass is 10.0. The zero-order valence-electron chi connectivity index (χ0n) is 15.9. The number of nitrogens with zero attached hydrogens (tertiary/aromatic N) is 5. The molecule has 2 aromatic rings. The van der Waals surface area contributed by atoms with Gasteiger partial charge in [0, 0.05) is 37.9 Å². The van der Waals surface area contributed by atoms with E-state index in [1.165, 1.54) is 17.1 Å². The van der Waals surface area contributed by atoms with Gasteiger partial charge >= 0.3 is 12.4 Å². The van der Waals surface area contributed by atoms with Gasteiger partial charge in [-0.25, -0.2) is 14.7 Å². The van der Waals surface area contributed by atoms with Crippen LogP contribution in [0.25, 0.3) is 17.6 Å². The standard InChI is InChI=1S/C18H15F6N5O2/c1-27-14(30)3-2-5-29(27)15(31)4-6-28-10-25-16(26-28)11-7-12(17(19,20)21)9-13(8-11)18(22,23)24/h4,6-10H,2-3,5H2,1H3/b6-4-. The summed E-state index contributed by atoms with van der Waals surface area (Å²) in [5, 5.41) is 6.18. The summed E-state index contributed by atoms with van der Waals surface area (Å²) < 4.78 is 79.0. The van der Waals surface area contributed by atoms with Gasteiger partial charge in [-0.2, -0.15) is 26.3 Å². The fraction of sp³-hybridized carbons (Fsp3) is 0.333. The zero-order valence-corrected chi connectivity index (χ0v) is 15.9. The number of hydrazine groups is 1. The quantitative estimate of drug-likeness (QED) is 0.534. The van der Waals surface area contributed by atoms with Gasteiger partial charge in [-0.3, -0.25) is 14.6 Å². The molecule has 1 aromatic carbocycles. The highest BCUT2D eigenvalue weighted by atomic mass is 19.4. The number of benzene rings is 1. The third-order valence-electron chi connectivity index (χ3n) is 4.46. The van der Waals surface area contributed by atoms with Gasteiger partial charge in [-0.15, -0.1) is 5.10 Å². The fourth-order valence-electron chi connectivity index (χ4n) is 2.87. The molecule has 0 saturated carbocycles. The van der Waals surface area contributed by atoms with E-state index >= 15 is 0 Å². The normalized spacial score (nSPS) is 15.8. The van der Waals surface area contributed by atoms with Crippen molar-refractivity contribution in [3.05, 3.63) is 41.7 Å². The number of amides is 2. The minimum absolute atomic E-state index is 0.00940. The van der Waals surface area contributed by atoms with Crippen molar-refractivity contribution in [2.24, 2.45) is 0 Å². The Hall–Kier alpha value is -3.38. The van der Waals surface area contributed by atoms with E-state index in [4.69, 9.17) is 0 Å². The predicted octanol–water partition coefficient (Wildman–Crippen LogP) is 3.45. The number of hydrogen-bond donors (Lipinski definition) is 0. The van der Waals surface area contributed by atoms with E-state index in [1.54, 1.807) is 0 Å². The molecule has 31 heavy (non-hydrogen) atoms. The molecule has 1 aromatic heterocycles. The van der Waals surface area contributed by atoms with E-state index in [-0.39, 0.29) is 17.8 Å². The monoisotopic (exact) mass is 447 g/mol. The van der Waals surface area contributed by atoms with E-state index in [2.05, 4.69) is 10.1 Å². The first-order valence-electron chi connectivity index (χ1n) is 8.83. The molecule has 1 saturated heterocycles. The largest absolute Gasteiger partial charge is 0.416 e. The fourth-order valence-corrected chi connectivity index (χ4v) is 2.87. The molecule has 2 amide bonds. The van der Waals surface area contributed by atoms with E-state index in [0.29, 0.717) is 31.5 Å². The molecule has 13 heteroatoms. The second-order valence-corrected chi connectivity index (χ2v) is 6.64. The summed E-state index contributed by atoms with van der Waals surface area (Å²) in [6.45, 7) is 0.318. The van der Waals surface area contributed by atoms with Crippen LogP contribution in [0.5, 0.6) is 0 Å². The lowest BCUT2D eigenvalue weighted by molar-refractivity contribution is -0.162. The smallest absolute Gasteiger partial charge is 0.273 e.